The van der Waals surface area contributed by atoms with Crippen LogP contribution in [0.25, 0.3) is 0 Å². The van der Waals surface area contributed by atoms with Crippen molar-refractivity contribution in [1.82, 2.24) is 15.5 Å². The molecule has 1 saturated heterocycles. The van der Waals surface area contributed by atoms with Gasteiger partial charge >= 0.3 is 0 Å². The van der Waals surface area contributed by atoms with Crippen LogP contribution in [0.2, 0.25) is 0 Å². The maximum absolute atomic E-state index is 5.15. The van der Waals surface area contributed by atoms with E-state index >= 15 is 0 Å². The van der Waals surface area contributed by atoms with Crippen molar-refractivity contribution in [3.05, 3.63) is 0 Å². The summed E-state index contributed by atoms with van der Waals surface area (Å²) in [6.45, 7) is 12.6. The number of hydrogen-bond acceptors (Lipinski definition) is 3. The number of ether oxygens (including phenoxy) is 1. The average molecular weight is 284 g/mol. The van der Waals surface area contributed by atoms with E-state index in [-0.39, 0.29) is 6.04 Å². The third-order valence-electron chi connectivity index (χ3n) is 3.56. The van der Waals surface area contributed by atoms with Gasteiger partial charge in [-0.3, -0.25) is 4.99 Å². The lowest BCUT2D eigenvalue weighted by Crippen LogP contribution is -2.44. The summed E-state index contributed by atoms with van der Waals surface area (Å²) in [5, 5.41) is 6.68. The molecule has 20 heavy (non-hydrogen) atoms. The molecule has 0 saturated carbocycles. The van der Waals surface area contributed by atoms with Gasteiger partial charge in [-0.15, -0.1) is 0 Å². The van der Waals surface area contributed by atoms with Gasteiger partial charge in [0.05, 0.1) is 6.61 Å². The summed E-state index contributed by atoms with van der Waals surface area (Å²) in [5.41, 5.74) is 0. The molecule has 118 valence electrons. The highest BCUT2D eigenvalue weighted by Crippen LogP contribution is 2.16. The molecule has 0 amide bonds. The zero-order valence-corrected chi connectivity index (χ0v) is 13.6. The van der Waals surface area contributed by atoms with Crippen molar-refractivity contribution >= 4 is 5.96 Å². The molecule has 2 unspecified atom stereocenters. The van der Waals surface area contributed by atoms with Crippen molar-refractivity contribution < 1.29 is 4.74 Å². The number of hydrogen-bond donors (Lipinski definition) is 2. The molecule has 1 aliphatic rings. The number of nitrogens with zero attached hydrogens (tertiary/aromatic N) is 2. The van der Waals surface area contributed by atoms with E-state index < -0.39 is 0 Å². The van der Waals surface area contributed by atoms with Gasteiger partial charge in [-0.25, -0.2) is 0 Å². The molecule has 1 fully saturated rings. The number of aliphatic imine (C=N–C) groups is 1. The van der Waals surface area contributed by atoms with Gasteiger partial charge in [0.25, 0.3) is 0 Å². The average Bonchev–Trinajstić information content (AvgIpc) is 2.85. The lowest BCUT2D eigenvalue weighted by atomic mass is 10.1. The normalized spacial score (nSPS) is 22.0. The summed E-state index contributed by atoms with van der Waals surface area (Å²) < 4.78 is 5.15. The monoisotopic (exact) mass is 284 g/mol. The zero-order chi connectivity index (χ0) is 14.8. The first-order valence-corrected chi connectivity index (χ1v) is 7.95. The van der Waals surface area contributed by atoms with Gasteiger partial charge in [0.2, 0.25) is 0 Å². The Morgan fingerprint density at radius 2 is 2.25 bits per heavy atom. The second kappa shape index (κ2) is 10.00. The molecule has 2 atom stereocenters. The minimum Gasteiger partial charge on any atom is -0.383 e. The minimum absolute atomic E-state index is 0.276. The predicted octanol–water partition coefficient (Wildman–Crippen LogP) is 1.31. The third-order valence-corrected chi connectivity index (χ3v) is 3.56. The second-order valence-electron chi connectivity index (χ2n) is 5.68. The number of guanidine groups is 1. The van der Waals surface area contributed by atoms with E-state index in [9.17, 15) is 0 Å². The van der Waals surface area contributed by atoms with Gasteiger partial charge in [0.1, 0.15) is 0 Å². The van der Waals surface area contributed by atoms with E-state index in [0.29, 0.717) is 12.5 Å². The summed E-state index contributed by atoms with van der Waals surface area (Å²) in [4.78, 5) is 7.27. The number of rotatable bonds is 8. The van der Waals surface area contributed by atoms with Crippen molar-refractivity contribution in [2.75, 3.05) is 46.4 Å². The van der Waals surface area contributed by atoms with Crippen molar-refractivity contribution in [2.24, 2.45) is 10.9 Å². The summed E-state index contributed by atoms with van der Waals surface area (Å²) in [5.74, 6) is 1.61. The molecule has 1 aliphatic heterocycles. The Labute approximate surface area is 124 Å². The molecule has 0 aliphatic carbocycles. The van der Waals surface area contributed by atoms with Gasteiger partial charge < -0.3 is 20.3 Å². The molecule has 5 heteroatoms. The highest BCUT2D eigenvalue weighted by molar-refractivity contribution is 5.80. The highest BCUT2D eigenvalue weighted by Gasteiger charge is 2.21. The Hall–Kier alpha value is -0.810. The molecular formula is C15H32N4O. The summed E-state index contributed by atoms with van der Waals surface area (Å²) in [6, 6.07) is 0.276. The smallest absolute Gasteiger partial charge is 0.191 e. The number of nitrogens with one attached hydrogen (secondary N) is 2. The summed E-state index contributed by atoms with van der Waals surface area (Å²) in [7, 11) is 1.73. The summed E-state index contributed by atoms with van der Waals surface area (Å²) >= 11 is 0. The maximum Gasteiger partial charge on any atom is 0.191 e. The van der Waals surface area contributed by atoms with Gasteiger partial charge in [0.15, 0.2) is 5.96 Å². The molecule has 0 aromatic heterocycles. The Morgan fingerprint density at radius 3 is 2.90 bits per heavy atom. The van der Waals surface area contributed by atoms with Crippen LogP contribution in [0.15, 0.2) is 4.99 Å². The minimum atomic E-state index is 0.276. The first-order chi connectivity index (χ1) is 9.69. The van der Waals surface area contributed by atoms with E-state index in [1.807, 2.05) is 0 Å². The Kier molecular flexibility index (Phi) is 8.62. The molecule has 2 N–H and O–H groups in total. The molecule has 0 bridgehead atoms. The highest BCUT2D eigenvalue weighted by atomic mass is 16.5. The van der Waals surface area contributed by atoms with Crippen molar-refractivity contribution in [3.8, 4) is 0 Å². The Bertz CT molecular complexity index is 283. The van der Waals surface area contributed by atoms with Crippen LogP contribution >= 0.6 is 0 Å². The van der Waals surface area contributed by atoms with Gasteiger partial charge in [0, 0.05) is 32.8 Å². The molecule has 0 radical (unpaired) electrons. The maximum atomic E-state index is 5.15. The van der Waals surface area contributed by atoms with Crippen molar-refractivity contribution in [1.29, 1.82) is 0 Å². The topological polar surface area (TPSA) is 48.9 Å². The van der Waals surface area contributed by atoms with Crippen LogP contribution in [0.5, 0.6) is 0 Å². The van der Waals surface area contributed by atoms with Crippen LogP contribution in [-0.4, -0.2) is 63.3 Å². The van der Waals surface area contributed by atoms with Crippen LogP contribution in [0.3, 0.4) is 0 Å². The molecule has 1 heterocycles. The molecule has 0 spiro atoms. The van der Waals surface area contributed by atoms with Crippen LogP contribution in [0.1, 0.15) is 33.6 Å². The molecule has 1 rings (SSSR count). The third kappa shape index (κ3) is 6.57. The fourth-order valence-corrected chi connectivity index (χ4v) is 2.65. The Balaban J connectivity index is 2.38. The second-order valence-corrected chi connectivity index (χ2v) is 5.68. The molecule has 5 nitrogen and oxygen atoms in total. The van der Waals surface area contributed by atoms with Gasteiger partial charge in [-0.1, -0.05) is 6.92 Å². The van der Waals surface area contributed by atoms with E-state index in [2.05, 4.69) is 36.3 Å². The Morgan fingerprint density at radius 1 is 1.45 bits per heavy atom. The van der Waals surface area contributed by atoms with Crippen LogP contribution in [0, 0.1) is 5.92 Å². The molecular weight excluding hydrogens is 252 g/mol. The first-order valence-electron chi connectivity index (χ1n) is 7.95. The largest absolute Gasteiger partial charge is 0.383 e. The van der Waals surface area contributed by atoms with Crippen LogP contribution < -0.4 is 10.6 Å². The summed E-state index contributed by atoms with van der Waals surface area (Å²) in [6.07, 6.45) is 2.52. The van der Waals surface area contributed by atoms with E-state index in [1.165, 1.54) is 32.5 Å². The van der Waals surface area contributed by atoms with Gasteiger partial charge in [-0.2, -0.15) is 0 Å². The zero-order valence-electron chi connectivity index (χ0n) is 13.6. The van der Waals surface area contributed by atoms with E-state index in [0.717, 1.165) is 19.0 Å². The van der Waals surface area contributed by atoms with E-state index in [1.54, 1.807) is 7.11 Å². The van der Waals surface area contributed by atoms with E-state index in [4.69, 9.17) is 9.73 Å². The fraction of sp³-hybridized carbons (Fsp3) is 0.933. The lowest BCUT2D eigenvalue weighted by Gasteiger charge is -2.18. The molecule has 0 aromatic carbocycles. The van der Waals surface area contributed by atoms with Crippen molar-refractivity contribution in [2.45, 2.75) is 39.7 Å². The van der Waals surface area contributed by atoms with Crippen LogP contribution in [-0.2, 0) is 4.74 Å². The lowest BCUT2D eigenvalue weighted by molar-refractivity contribution is 0.179. The fourth-order valence-electron chi connectivity index (χ4n) is 2.65. The SMILES string of the molecule is CCCN1CCC(CN=C(NCC)NC(C)COC)C1. The number of likely N-dealkylation sites (tertiary alicyclic amines) is 1. The standard InChI is InChI=1S/C15H32N4O/c1-5-8-19-9-7-14(11-19)10-17-15(16-6-2)18-13(3)12-20-4/h13-14H,5-12H2,1-4H3,(H2,16,17,18). The van der Waals surface area contributed by atoms with Gasteiger partial charge in [-0.05, 0) is 45.7 Å². The van der Waals surface area contributed by atoms with Crippen molar-refractivity contribution in [3.63, 3.8) is 0 Å². The first kappa shape index (κ1) is 17.2. The molecule has 0 aromatic rings. The predicted molar refractivity (Wildman–Crippen MR) is 85.3 cm³/mol. The quantitative estimate of drug-likeness (QED) is 0.521. The van der Waals surface area contributed by atoms with Crippen LogP contribution in [0.4, 0.5) is 0 Å². The number of methoxy groups -OCH3 is 1.